The van der Waals surface area contributed by atoms with Crippen molar-refractivity contribution in [3.05, 3.63) is 23.3 Å². The van der Waals surface area contributed by atoms with Crippen LogP contribution in [0.1, 0.15) is 37.5 Å². The molecule has 0 bridgehead atoms. The number of hydrogen-bond acceptors (Lipinski definition) is 7. The molecule has 0 radical (unpaired) electrons. The first-order chi connectivity index (χ1) is 10.8. The Hall–Kier alpha value is -2.41. The first kappa shape index (κ1) is 17.0. The third-order valence-electron chi connectivity index (χ3n) is 3.84. The Labute approximate surface area is 133 Å². The van der Waals surface area contributed by atoms with E-state index in [0.29, 0.717) is 5.75 Å². The van der Waals surface area contributed by atoms with Crippen molar-refractivity contribution >= 4 is 17.5 Å². The van der Waals surface area contributed by atoms with Crippen LogP contribution in [0, 0.1) is 0 Å². The average Bonchev–Trinajstić information content (AvgIpc) is 2.49. The number of rotatable bonds is 4. The topological polar surface area (TPSA) is 99.1 Å². The van der Waals surface area contributed by atoms with Gasteiger partial charge < -0.3 is 19.3 Å². The van der Waals surface area contributed by atoms with E-state index in [9.17, 15) is 19.5 Å². The first-order valence-corrected chi connectivity index (χ1v) is 6.96. The van der Waals surface area contributed by atoms with Crippen molar-refractivity contribution in [3.63, 3.8) is 0 Å². The molecule has 0 heterocycles. The van der Waals surface area contributed by atoms with Crippen molar-refractivity contribution in [2.45, 2.75) is 32.0 Å². The van der Waals surface area contributed by atoms with E-state index in [0.717, 1.165) is 13.8 Å². The number of aliphatic hydroxyl groups excluding tert-OH is 1. The number of benzene rings is 1. The zero-order valence-corrected chi connectivity index (χ0v) is 13.3. The lowest BCUT2D eigenvalue weighted by atomic mass is 9.74. The number of methoxy groups -OCH3 is 2. The molecule has 0 saturated heterocycles. The molecule has 2 rings (SSSR count). The molecule has 1 aromatic rings. The summed E-state index contributed by atoms with van der Waals surface area (Å²) in [4.78, 5) is 36.4. The molecule has 0 fully saturated rings. The fraction of sp³-hybridized carbons (Fsp3) is 0.438. The van der Waals surface area contributed by atoms with Gasteiger partial charge in [0.15, 0.2) is 11.6 Å². The van der Waals surface area contributed by atoms with Gasteiger partial charge in [0, 0.05) is 19.4 Å². The van der Waals surface area contributed by atoms with Crippen LogP contribution in [0.4, 0.5) is 0 Å². The number of esters is 1. The van der Waals surface area contributed by atoms with E-state index in [4.69, 9.17) is 14.2 Å². The highest BCUT2D eigenvalue weighted by Gasteiger charge is 2.55. The Balaban J connectivity index is 2.86. The lowest BCUT2D eigenvalue weighted by Gasteiger charge is -2.37. The minimum absolute atomic E-state index is 0.0484. The van der Waals surface area contributed by atoms with Crippen LogP contribution in [0.2, 0.25) is 0 Å². The van der Waals surface area contributed by atoms with E-state index in [1.807, 2.05) is 0 Å². The zero-order valence-electron chi connectivity index (χ0n) is 13.3. The molecule has 1 aromatic carbocycles. The van der Waals surface area contributed by atoms with Crippen molar-refractivity contribution in [3.8, 4) is 11.5 Å². The highest BCUT2D eigenvalue weighted by atomic mass is 16.6. The average molecular weight is 322 g/mol. The fourth-order valence-corrected chi connectivity index (χ4v) is 2.87. The van der Waals surface area contributed by atoms with E-state index in [1.165, 1.54) is 26.4 Å². The van der Waals surface area contributed by atoms with Crippen LogP contribution in [-0.2, 0) is 24.7 Å². The summed E-state index contributed by atoms with van der Waals surface area (Å²) in [5.41, 5.74) is -1.80. The lowest BCUT2D eigenvalue weighted by molar-refractivity contribution is -0.175. The second kappa shape index (κ2) is 6.00. The normalized spacial score (nSPS) is 23.0. The minimum Gasteiger partial charge on any atom is -0.497 e. The number of ketones is 2. The van der Waals surface area contributed by atoms with Crippen LogP contribution in [0.25, 0.3) is 0 Å². The number of fused-ring (bicyclic) bond motifs is 1. The molecule has 1 N–H and O–H groups in total. The van der Waals surface area contributed by atoms with Gasteiger partial charge in [0.25, 0.3) is 5.60 Å². The van der Waals surface area contributed by atoms with Crippen molar-refractivity contribution in [1.82, 2.24) is 0 Å². The molecular formula is C16H18O7. The van der Waals surface area contributed by atoms with Gasteiger partial charge in [0.05, 0.1) is 25.9 Å². The van der Waals surface area contributed by atoms with Gasteiger partial charge in [-0.05, 0) is 18.6 Å². The smallest absolute Gasteiger partial charge is 0.304 e. The van der Waals surface area contributed by atoms with Crippen LogP contribution in [-0.4, -0.2) is 36.9 Å². The number of Topliss-reactive ketones (excluding diaryl/α,β-unsaturated/α-hetero) is 2. The molecule has 2 atom stereocenters. The van der Waals surface area contributed by atoms with Crippen LogP contribution in [0.5, 0.6) is 11.5 Å². The Morgan fingerprint density at radius 3 is 2.35 bits per heavy atom. The van der Waals surface area contributed by atoms with Gasteiger partial charge in [0.2, 0.25) is 0 Å². The molecule has 0 amide bonds. The maximum Gasteiger partial charge on any atom is 0.304 e. The van der Waals surface area contributed by atoms with Gasteiger partial charge in [-0.15, -0.1) is 0 Å². The Kier molecular flexibility index (Phi) is 4.42. The second-order valence-electron chi connectivity index (χ2n) is 5.27. The number of carbonyl (C=O) groups excluding carboxylic acids is 3. The van der Waals surface area contributed by atoms with Gasteiger partial charge in [-0.2, -0.15) is 0 Å². The third kappa shape index (κ3) is 2.57. The van der Waals surface area contributed by atoms with Crippen molar-refractivity contribution in [2.24, 2.45) is 0 Å². The zero-order chi connectivity index (χ0) is 17.4. The monoisotopic (exact) mass is 322 g/mol. The summed E-state index contributed by atoms with van der Waals surface area (Å²) < 4.78 is 15.6. The van der Waals surface area contributed by atoms with Crippen LogP contribution >= 0.6 is 0 Å². The number of carbonyl (C=O) groups is 3. The SMILES string of the molecule is COc1cc(OC)c2c(c1)[C@H](O)CC(=O)[C@@]2(OC(C)=O)C(C)=O. The maximum absolute atomic E-state index is 12.5. The molecule has 0 saturated carbocycles. The molecule has 1 aliphatic rings. The molecular weight excluding hydrogens is 304 g/mol. The number of aliphatic hydroxyl groups is 1. The lowest BCUT2D eigenvalue weighted by Crippen LogP contribution is -2.50. The van der Waals surface area contributed by atoms with Crippen molar-refractivity contribution in [2.75, 3.05) is 14.2 Å². The minimum atomic E-state index is -2.11. The highest BCUT2D eigenvalue weighted by molar-refractivity contribution is 6.13. The second-order valence-corrected chi connectivity index (χ2v) is 5.27. The Bertz CT molecular complexity index is 679. The molecule has 7 heteroatoms. The summed E-state index contributed by atoms with van der Waals surface area (Å²) in [6.07, 6.45) is -1.50. The molecule has 0 spiro atoms. The third-order valence-corrected chi connectivity index (χ3v) is 3.84. The van der Waals surface area contributed by atoms with Gasteiger partial charge in [-0.25, -0.2) is 0 Å². The van der Waals surface area contributed by atoms with Gasteiger partial charge in [0.1, 0.15) is 11.5 Å². The summed E-state index contributed by atoms with van der Waals surface area (Å²) in [5.74, 6) is -1.62. The maximum atomic E-state index is 12.5. The predicted molar refractivity (Wildman–Crippen MR) is 78.3 cm³/mol. The number of ether oxygens (including phenoxy) is 3. The van der Waals surface area contributed by atoms with Crippen LogP contribution in [0.3, 0.4) is 0 Å². The molecule has 23 heavy (non-hydrogen) atoms. The summed E-state index contributed by atoms with van der Waals surface area (Å²) in [5, 5.41) is 10.2. The van der Waals surface area contributed by atoms with E-state index < -0.39 is 29.2 Å². The number of hydrogen-bond donors (Lipinski definition) is 1. The van der Waals surface area contributed by atoms with Crippen LogP contribution in [0.15, 0.2) is 12.1 Å². The van der Waals surface area contributed by atoms with E-state index in [-0.39, 0.29) is 23.3 Å². The quantitative estimate of drug-likeness (QED) is 0.653. The summed E-state index contributed by atoms with van der Waals surface area (Å²) >= 11 is 0. The molecule has 1 aliphatic carbocycles. The highest BCUT2D eigenvalue weighted by Crippen LogP contribution is 2.47. The molecule has 124 valence electrons. The largest absolute Gasteiger partial charge is 0.497 e. The molecule has 0 aromatic heterocycles. The van der Waals surface area contributed by atoms with Crippen LogP contribution < -0.4 is 9.47 Å². The van der Waals surface area contributed by atoms with Gasteiger partial charge in [-0.1, -0.05) is 0 Å². The predicted octanol–water partition coefficient (Wildman–Crippen LogP) is 1.06. The van der Waals surface area contributed by atoms with Crippen molar-refractivity contribution in [1.29, 1.82) is 0 Å². The van der Waals surface area contributed by atoms with E-state index in [1.54, 1.807) is 0 Å². The van der Waals surface area contributed by atoms with Gasteiger partial charge in [-0.3, -0.25) is 14.4 Å². The standard InChI is InChI=1S/C16H18O7/c1-8(17)16(23-9(2)18)14(20)7-12(19)11-5-10(21-3)6-13(22-4)15(11)16/h5-6,12,19H,7H2,1-4H3/t12-,16+/m1/s1. The van der Waals surface area contributed by atoms with Crippen molar-refractivity contribution < 1.29 is 33.7 Å². The fourth-order valence-electron chi connectivity index (χ4n) is 2.87. The Morgan fingerprint density at radius 1 is 1.22 bits per heavy atom. The Morgan fingerprint density at radius 2 is 1.87 bits per heavy atom. The summed E-state index contributed by atoms with van der Waals surface area (Å²) in [6.45, 7) is 2.27. The summed E-state index contributed by atoms with van der Waals surface area (Å²) in [7, 11) is 2.78. The molecule has 7 nitrogen and oxygen atoms in total. The first-order valence-electron chi connectivity index (χ1n) is 6.96. The molecule has 0 aliphatic heterocycles. The van der Waals surface area contributed by atoms with E-state index >= 15 is 0 Å². The van der Waals surface area contributed by atoms with Gasteiger partial charge >= 0.3 is 5.97 Å². The summed E-state index contributed by atoms with van der Waals surface area (Å²) in [6, 6.07) is 2.96. The molecule has 0 unspecified atom stereocenters. The van der Waals surface area contributed by atoms with E-state index in [2.05, 4.69) is 0 Å².